The minimum atomic E-state index is -4.42. The number of benzene rings is 1. The molecule has 2 fully saturated rings. The third kappa shape index (κ3) is 6.24. The first-order valence-corrected chi connectivity index (χ1v) is 11.6. The number of alkyl halides is 3. The van der Waals surface area contributed by atoms with Crippen LogP contribution in [0.1, 0.15) is 61.9 Å². The lowest BCUT2D eigenvalue weighted by molar-refractivity contribution is -0.137. The van der Waals surface area contributed by atoms with Gasteiger partial charge in [-0.2, -0.15) is 13.2 Å². The van der Waals surface area contributed by atoms with Gasteiger partial charge in [0.1, 0.15) is 0 Å². The Morgan fingerprint density at radius 3 is 2.16 bits per heavy atom. The van der Waals surface area contributed by atoms with E-state index >= 15 is 0 Å². The van der Waals surface area contributed by atoms with Crippen LogP contribution in [0.4, 0.5) is 13.2 Å². The molecule has 1 saturated heterocycles. The average molecular weight is 454 g/mol. The molecule has 1 saturated carbocycles. The van der Waals surface area contributed by atoms with Crippen LogP contribution < -0.4 is 5.32 Å². The van der Waals surface area contributed by atoms with Crippen LogP contribution in [0.25, 0.3) is 0 Å². The van der Waals surface area contributed by atoms with E-state index in [0.29, 0.717) is 44.6 Å². The van der Waals surface area contributed by atoms with Crippen LogP contribution in [0.3, 0.4) is 0 Å². The summed E-state index contributed by atoms with van der Waals surface area (Å²) in [5.41, 5.74) is -0.507. The van der Waals surface area contributed by atoms with Crippen molar-refractivity contribution in [1.82, 2.24) is 15.1 Å². The fourth-order valence-electron chi connectivity index (χ4n) is 4.73. The van der Waals surface area contributed by atoms with Gasteiger partial charge in [-0.05, 0) is 55.4 Å². The summed E-state index contributed by atoms with van der Waals surface area (Å²) in [6.45, 7) is 7.04. The van der Waals surface area contributed by atoms with Crippen LogP contribution in [0.2, 0.25) is 0 Å². The highest BCUT2D eigenvalue weighted by molar-refractivity contribution is 5.94. The first kappa shape index (κ1) is 24.6. The Kier molecular flexibility index (Phi) is 8.20. The van der Waals surface area contributed by atoms with Crippen LogP contribution in [0.15, 0.2) is 24.3 Å². The van der Waals surface area contributed by atoms with E-state index in [1.807, 2.05) is 0 Å². The maximum Gasteiger partial charge on any atom is 0.416 e. The third-order valence-electron chi connectivity index (χ3n) is 6.59. The summed E-state index contributed by atoms with van der Waals surface area (Å²) < 4.78 is 38.3. The molecule has 0 radical (unpaired) electrons. The number of hydrogen-bond acceptors (Lipinski definition) is 3. The van der Waals surface area contributed by atoms with Crippen molar-refractivity contribution in [3.05, 3.63) is 35.4 Å². The van der Waals surface area contributed by atoms with Crippen LogP contribution >= 0.6 is 0 Å². The van der Waals surface area contributed by atoms with E-state index in [-0.39, 0.29) is 23.4 Å². The molecular weight excluding hydrogens is 419 g/mol. The van der Waals surface area contributed by atoms with Crippen LogP contribution in [0.5, 0.6) is 0 Å². The smallest absolute Gasteiger partial charge is 0.355 e. The Morgan fingerprint density at radius 1 is 1.03 bits per heavy atom. The van der Waals surface area contributed by atoms with E-state index in [1.165, 1.54) is 12.1 Å². The lowest BCUT2D eigenvalue weighted by Gasteiger charge is -2.40. The molecule has 1 atom stereocenters. The van der Waals surface area contributed by atoms with Crippen molar-refractivity contribution in [3.63, 3.8) is 0 Å². The molecule has 1 N–H and O–H groups in total. The second kappa shape index (κ2) is 10.7. The van der Waals surface area contributed by atoms with Crippen molar-refractivity contribution in [2.24, 2.45) is 11.8 Å². The number of piperazine rings is 1. The van der Waals surface area contributed by atoms with E-state index < -0.39 is 11.7 Å². The van der Waals surface area contributed by atoms with Crippen molar-refractivity contribution in [2.45, 2.75) is 58.2 Å². The number of nitrogens with zero attached hydrogens (tertiary/aromatic N) is 2. The quantitative estimate of drug-likeness (QED) is 0.674. The Hall–Kier alpha value is -2.09. The maximum atomic E-state index is 13.0. The second-order valence-corrected chi connectivity index (χ2v) is 9.37. The molecule has 3 rings (SSSR count). The molecular formula is C24H34F3N3O2. The number of rotatable bonds is 7. The van der Waals surface area contributed by atoms with E-state index in [2.05, 4.69) is 24.1 Å². The minimum absolute atomic E-state index is 0.0834. The van der Waals surface area contributed by atoms with Gasteiger partial charge in [0, 0.05) is 38.3 Å². The van der Waals surface area contributed by atoms with Gasteiger partial charge in [-0.3, -0.25) is 14.5 Å². The number of hydrogen-bond donors (Lipinski definition) is 1. The fraction of sp³-hybridized carbons (Fsp3) is 0.667. The SMILES string of the molecule is CC(C)CCNC(=O)[C@H](C1CCCC1)N1CCN(C(=O)c2ccc(C(F)(F)F)cc2)CC1. The Balaban J connectivity index is 1.60. The lowest BCUT2D eigenvalue weighted by Crippen LogP contribution is -2.58. The molecule has 1 heterocycles. The zero-order valence-corrected chi connectivity index (χ0v) is 19.0. The van der Waals surface area contributed by atoms with E-state index in [9.17, 15) is 22.8 Å². The standard InChI is InChI=1S/C24H34F3N3O2/c1-17(2)11-12-28-22(31)21(18-5-3-4-6-18)29-13-15-30(16-14-29)23(32)19-7-9-20(10-8-19)24(25,26)27/h7-10,17-18,21H,3-6,11-16H2,1-2H3,(H,28,31)/t21-/m0/s1. The second-order valence-electron chi connectivity index (χ2n) is 9.37. The Bertz CT molecular complexity index is 766. The van der Waals surface area contributed by atoms with Crippen LogP contribution in [-0.4, -0.2) is 60.4 Å². The number of carbonyl (C=O) groups excluding carboxylic acids is 2. The largest absolute Gasteiger partial charge is 0.416 e. The molecule has 178 valence electrons. The first-order chi connectivity index (χ1) is 15.2. The molecule has 32 heavy (non-hydrogen) atoms. The van der Waals surface area contributed by atoms with Gasteiger partial charge in [0.25, 0.3) is 5.91 Å². The average Bonchev–Trinajstić information content (AvgIpc) is 3.27. The van der Waals surface area contributed by atoms with Gasteiger partial charge in [0.2, 0.25) is 5.91 Å². The number of nitrogens with one attached hydrogen (secondary N) is 1. The number of halogens is 3. The molecule has 2 amide bonds. The summed E-state index contributed by atoms with van der Waals surface area (Å²) in [6.07, 6.45) is 0.913. The summed E-state index contributed by atoms with van der Waals surface area (Å²) in [4.78, 5) is 29.7. The third-order valence-corrected chi connectivity index (χ3v) is 6.59. The van der Waals surface area contributed by atoms with Crippen molar-refractivity contribution < 1.29 is 22.8 Å². The highest BCUT2D eigenvalue weighted by Gasteiger charge is 2.37. The van der Waals surface area contributed by atoms with Gasteiger partial charge in [-0.15, -0.1) is 0 Å². The normalized spacial score (nSPS) is 19.4. The van der Waals surface area contributed by atoms with Gasteiger partial charge < -0.3 is 10.2 Å². The molecule has 8 heteroatoms. The minimum Gasteiger partial charge on any atom is -0.355 e. The molecule has 1 aliphatic heterocycles. The van der Waals surface area contributed by atoms with Crippen LogP contribution in [-0.2, 0) is 11.0 Å². The highest BCUT2D eigenvalue weighted by Crippen LogP contribution is 2.32. The molecule has 1 aromatic rings. The molecule has 2 aliphatic rings. The monoisotopic (exact) mass is 453 g/mol. The highest BCUT2D eigenvalue weighted by atomic mass is 19.4. The van der Waals surface area contributed by atoms with E-state index in [1.54, 1.807) is 4.90 Å². The predicted octanol–water partition coefficient (Wildman–Crippen LogP) is 4.18. The maximum absolute atomic E-state index is 13.0. The molecule has 0 unspecified atom stereocenters. The van der Waals surface area contributed by atoms with Gasteiger partial charge >= 0.3 is 6.18 Å². The van der Waals surface area contributed by atoms with E-state index in [0.717, 1.165) is 44.2 Å². The van der Waals surface area contributed by atoms with E-state index in [4.69, 9.17) is 0 Å². The van der Waals surface area contributed by atoms with Crippen molar-refractivity contribution in [1.29, 1.82) is 0 Å². The Labute approximate surface area is 188 Å². The first-order valence-electron chi connectivity index (χ1n) is 11.6. The topological polar surface area (TPSA) is 52.7 Å². The fourth-order valence-corrected chi connectivity index (χ4v) is 4.73. The summed E-state index contributed by atoms with van der Waals surface area (Å²) in [5, 5.41) is 3.11. The summed E-state index contributed by atoms with van der Waals surface area (Å²) in [7, 11) is 0. The molecule has 0 spiro atoms. The van der Waals surface area contributed by atoms with Gasteiger partial charge in [-0.25, -0.2) is 0 Å². The number of amides is 2. The molecule has 1 aromatic carbocycles. The summed E-state index contributed by atoms with van der Waals surface area (Å²) in [5.74, 6) is 0.684. The zero-order chi connectivity index (χ0) is 23.3. The van der Waals surface area contributed by atoms with Gasteiger partial charge in [0.05, 0.1) is 11.6 Å². The molecule has 0 bridgehead atoms. The predicted molar refractivity (Wildman–Crippen MR) is 117 cm³/mol. The summed E-state index contributed by atoms with van der Waals surface area (Å²) in [6, 6.07) is 4.19. The molecule has 0 aromatic heterocycles. The number of carbonyl (C=O) groups is 2. The van der Waals surface area contributed by atoms with Crippen molar-refractivity contribution in [3.8, 4) is 0 Å². The Morgan fingerprint density at radius 2 is 1.62 bits per heavy atom. The van der Waals surface area contributed by atoms with Crippen LogP contribution in [0, 0.1) is 11.8 Å². The van der Waals surface area contributed by atoms with Crippen molar-refractivity contribution in [2.75, 3.05) is 32.7 Å². The summed E-state index contributed by atoms with van der Waals surface area (Å²) >= 11 is 0. The lowest BCUT2D eigenvalue weighted by atomic mass is 9.94. The van der Waals surface area contributed by atoms with Gasteiger partial charge in [0.15, 0.2) is 0 Å². The molecule has 1 aliphatic carbocycles. The molecule has 5 nitrogen and oxygen atoms in total. The zero-order valence-electron chi connectivity index (χ0n) is 19.0. The van der Waals surface area contributed by atoms with Gasteiger partial charge in [-0.1, -0.05) is 26.7 Å². The van der Waals surface area contributed by atoms with Crippen molar-refractivity contribution >= 4 is 11.8 Å².